The van der Waals surface area contributed by atoms with Crippen LogP contribution in [0, 0.1) is 35.1 Å². The van der Waals surface area contributed by atoms with Crippen molar-refractivity contribution in [1.82, 2.24) is 0 Å². The van der Waals surface area contributed by atoms with Gasteiger partial charge in [-0.2, -0.15) is 0 Å². The fourth-order valence-corrected chi connectivity index (χ4v) is 4.98. The minimum Gasteiger partial charge on any atom is -0.206 e. The Kier molecular flexibility index (Phi) is 4.83. The molecule has 0 radical (unpaired) electrons. The highest BCUT2D eigenvalue weighted by Gasteiger charge is 2.37. The van der Waals surface area contributed by atoms with E-state index in [-0.39, 0.29) is 17.0 Å². The van der Waals surface area contributed by atoms with Crippen molar-refractivity contribution in [1.29, 1.82) is 0 Å². The molecule has 0 N–H and O–H groups in total. The van der Waals surface area contributed by atoms with Crippen LogP contribution in [0.4, 0.5) is 17.6 Å². The van der Waals surface area contributed by atoms with Crippen molar-refractivity contribution in [3.05, 3.63) is 70.8 Å². The highest BCUT2D eigenvalue weighted by molar-refractivity contribution is 5.67. The number of fused-ring (bicyclic) bond motifs is 3. The van der Waals surface area contributed by atoms with Crippen LogP contribution in [-0.2, 0) is 6.42 Å². The summed E-state index contributed by atoms with van der Waals surface area (Å²) in [5.74, 6) is -2.28. The SMILES string of the molecule is C/C=C/[C@@H]1CC[C@@H]2c3cc(F)c(-c4ccc(F)c(F)c4)c(F)c3CC[C@@H]2C1. The van der Waals surface area contributed by atoms with Gasteiger partial charge in [-0.25, -0.2) is 17.6 Å². The maximum Gasteiger partial charge on any atom is 0.159 e. The second kappa shape index (κ2) is 7.14. The topological polar surface area (TPSA) is 0 Å². The average Bonchev–Trinajstić information content (AvgIpc) is 2.64. The molecule has 4 rings (SSSR count). The Labute approximate surface area is 156 Å². The number of halogens is 4. The van der Waals surface area contributed by atoms with Crippen molar-refractivity contribution in [2.24, 2.45) is 11.8 Å². The summed E-state index contributed by atoms with van der Waals surface area (Å²) in [7, 11) is 0. The zero-order valence-corrected chi connectivity index (χ0v) is 15.2. The Morgan fingerprint density at radius 2 is 1.74 bits per heavy atom. The molecule has 2 aromatic carbocycles. The predicted molar refractivity (Wildman–Crippen MR) is 98.4 cm³/mol. The highest BCUT2D eigenvalue weighted by Crippen LogP contribution is 2.49. The Balaban J connectivity index is 1.74. The van der Waals surface area contributed by atoms with Gasteiger partial charge in [0.15, 0.2) is 11.6 Å². The standard InChI is InChI=1S/C23H22F4/c1-2-3-13-4-7-16-14(10-13)5-8-17-18(16)12-21(26)22(23(17)27)15-6-9-19(24)20(25)11-15/h2-3,6,9,11-14,16H,4-5,7-8,10H2,1H3/b3-2+/t13-,14-,16+/m1/s1. The van der Waals surface area contributed by atoms with Crippen LogP contribution in [0.25, 0.3) is 11.1 Å². The van der Waals surface area contributed by atoms with E-state index >= 15 is 4.39 Å². The number of hydrogen-bond donors (Lipinski definition) is 0. The van der Waals surface area contributed by atoms with Crippen LogP contribution in [0.3, 0.4) is 0 Å². The van der Waals surface area contributed by atoms with Gasteiger partial charge in [-0.05, 0) is 91.7 Å². The third-order valence-corrected chi connectivity index (χ3v) is 6.21. The van der Waals surface area contributed by atoms with Crippen LogP contribution in [0.2, 0.25) is 0 Å². The van der Waals surface area contributed by atoms with Gasteiger partial charge in [0.25, 0.3) is 0 Å². The Morgan fingerprint density at radius 1 is 0.926 bits per heavy atom. The summed E-state index contributed by atoms with van der Waals surface area (Å²) in [6.45, 7) is 2.02. The molecule has 2 aromatic rings. The minimum absolute atomic E-state index is 0.0330. The van der Waals surface area contributed by atoms with Gasteiger partial charge in [0.05, 0.1) is 5.56 Å². The lowest BCUT2D eigenvalue weighted by Crippen LogP contribution is -2.28. The molecule has 0 aromatic heterocycles. The van der Waals surface area contributed by atoms with Crippen LogP contribution in [0.1, 0.15) is 49.7 Å². The summed E-state index contributed by atoms with van der Waals surface area (Å²) in [5, 5.41) is 0. The molecule has 0 nitrogen and oxygen atoms in total. The van der Waals surface area contributed by atoms with E-state index in [1.54, 1.807) is 0 Å². The van der Waals surface area contributed by atoms with Crippen molar-refractivity contribution in [2.75, 3.05) is 0 Å². The van der Waals surface area contributed by atoms with Crippen LogP contribution in [-0.4, -0.2) is 0 Å². The summed E-state index contributed by atoms with van der Waals surface area (Å²) < 4.78 is 56.8. The van der Waals surface area contributed by atoms with Crippen LogP contribution >= 0.6 is 0 Å². The van der Waals surface area contributed by atoms with E-state index in [0.717, 1.165) is 43.4 Å². The van der Waals surface area contributed by atoms with Gasteiger partial charge in [0.1, 0.15) is 11.6 Å². The second-order valence-electron chi connectivity index (χ2n) is 7.75. The first kappa shape index (κ1) is 18.3. The number of rotatable bonds is 2. The lowest BCUT2D eigenvalue weighted by molar-refractivity contribution is 0.234. The minimum atomic E-state index is -1.11. The molecule has 0 aliphatic heterocycles. The molecule has 2 aliphatic carbocycles. The number of benzene rings is 2. The fourth-order valence-electron chi connectivity index (χ4n) is 4.98. The molecule has 3 atom stereocenters. The monoisotopic (exact) mass is 374 g/mol. The quantitative estimate of drug-likeness (QED) is 0.395. The van der Waals surface area contributed by atoms with E-state index in [0.29, 0.717) is 23.8 Å². The smallest absolute Gasteiger partial charge is 0.159 e. The Bertz CT molecular complexity index is 900. The van der Waals surface area contributed by atoms with Crippen molar-refractivity contribution in [2.45, 2.75) is 44.9 Å². The molecule has 27 heavy (non-hydrogen) atoms. The van der Waals surface area contributed by atoms with E-state index in [1.807, 2.05) is 6.92 Å². The van der Waals surface area contributed by atoms with E-state index in [1.165, 1.54) is 12.1 Å². The third kappa shape index (κ3) is 3.19. The zero-order chi connectivity index (χ0) is 19.1. The van der Waals surface area contributed by atoms with Crippen LogP contribution in [0.15, 0.2) is 36.4 Å². The largest absolute Gasteiger partial charge is 0.206 e. The fraction of sp³-hybridized carbons (Fsp3) is 0.391. The summed E-state index contributed by atoms with van der Waals surface area (Å²) >= 11 is 0. The van der Waals surface area contributed by atoms with Gasteiger partial charge in [-0.1, -0.05) is 18.2 Å². The van der Waals surface area contributed by atoms with Crippen molar-refractivity contribution in [3.8, 4) is 11.1 Å². The molecule has 0 bridgehead atoms. The van der Waals surface area contributed by atoms with E-state index in [2.05, 4.69) is 12.2 Å². The molecule has 142 valence electrons. The lowest BCUT2D eigenvalue weighted by Gasteiger charge is -2.40. The van der Waals surface area contributed by atoms with Gasteiger partial charge in [-0.3, -0.25) is 0 Å². The summed E-state index contributed by atoms with van der Waals surface area (Å²) in [6, 6.07) is 4.42. The molecule has 0 amide bonds. The van der Waals surface area contributed by atoms with E-state index < -0.39 is 23.3 Å². The van der Waals surface area contributed by atoms with Gasteiger partial charge < -0.3 is 0 Å². The molecule has 1 fully saturated rings. The van der Waals surface area contributed by atoms with E-state index in [4.69, 9.17) is 0 Å². The molecular weight excluding hydrogens is 352 g/mol. The van der Waals surface area contributed by atoms with Crippen LogP contribution < -0.4 is 0 Å². The third-order valence-electron chi connectivity index (χ3n) is 6.21. The molecule has 0 heterocycles. The van der Waals surface area contributed by atoms with Crippen molar-refractivity contribution < 1.29 is 17.6 Å². The van der Waals surface area contributed by atoms with Gasteiger partial charge in [0.2, 0.25) is 0 Å². The molecular formula is C23H22F4. The molecule has 0 spiro atoms. The number of allylic oxidation sites excluding steroid dienone is 2. The molecule has 0 saturated heterocycles. The molecule has 1 saturated carbocycles. The van der Waals surface area contributed by atoms with Crippen molar-refractivity contribution >= 4 is 0 Å². The Morgan fingerprint density at radius 3 is 2.48 bits per heavy atom. The summed E-state index contributed by atoms with van der Waals surface area (Å²) in [5.41, 5.74) is 1.09. The molecule has 0 unspecified atom stereocenters. The highest BCUT2D eigenvalue weighted by atomic mass is 19.2. The van der Waals surface area contributed by atoms with Gasteiger partial charge >= 0.3 is 0 Å². The maximum atomic E-state index is 15.2. The summed E-state index contributed by atoms with van der Waals surface area (Å²) in [4.78, 5) is 0. The first-order chi connectivity index (χ1) is 13.0. The predicted octanol–water partition coefficient (Wildman–Crippen LogP) is 6.93. The maximum absolute atomic E-state index is 15.2. The normalized spacial score (nSPS) is 24.7. The Hall–Kier alpha value is -2.10. The van der Waals surface area contributed by atoms with Gasteiger partial charge in [0, 0.05) is 0 Å². The van der Waals surface area contributed by atoms with E-state index in [9.17, 15) is 13.2 Å². The zero-order valence-electron chi connectivity index (χ0n) is 15.2. The second-order valence-corrected chi connectivity index (χ2v) is 7.75. The molecule has 2 aliphatic rings. The lowest BCUT2D eigenvalue weighted by atomic mass is 9.65. The average molecular weight is 374 g/mol. The van der Waals surface area contributed by atoms with Crippen LogP contribution in [0.5, 0.6) is 0 Å². The van der Waals surface area contributed by atoms with Crippen molar-refractivity contribution in [3.63, 3.8) is 0 Å². The molecule has 4 heteroatoms. The summed E-state index contributed by atoms with van der Waals surface area (Å²) in [6.07, 6.45) is 8.76. The first-order valence-electron chi connectivity index (χ1n) is 9.58. The number of hydrogen-bond acceptors (Lipinski definition) is 0. The first-order valence-corrected chi connectivity index (χ1v) is 9.58. The van der Waals surface area contributed by atoms with Gasteiger partial charge in [-0.15, -0.1) is 0 Å².